The van der Waals surface area contributed by atoms with Crippen LogP contribution in [0.3, 0.4) is 0 Å². The van der Waals surface area contributed by atoms with E-state index in [1.807, 2.05) is 6.07 Å². The van der Waals surface area contributed by atoms with Gasteiger partial charge in [-0.05, 0) is 6.42 Å². The third-order valence-electron chi connectivity index (χ3n) is 3.90. The lowest BCUT2D eigenvalue weighted by atomic mass is 9.83. The first-order valence-electron chi connectivity index (χ1n) is 6.46. The molecule has 118 valence electrons. The van der Waals surface area contributed by atoms with Gasteiger partial charge in [-0.2, -0.15) is 10.4 Å². The van der Waals surface area contributed by atoms with Crippen molar-refractivity contribution in [1.29, 1.82) is 5.26 Å². The van der Waals surface area contributed by atoms with Crippen molar-refractivity contribution in [2.24, 2.45) is 5.73 Å². The van der Waals surface area contributed by atoms with Crippen molar-refractivity contribution in [3.63, 3.8) is 0 Å². The third-order valence-corrected chi connectivity index (χ3v) is 3.90. The van der Waals surface area contributed by atoms with Gasteiger partial charge >= 0.3 is 6.09 Å². The second-order valence-corrected chi connectivity index (χ2v) is 5.12. The topological polar surface area (TPSA) is 151 Å². The molecule has 0 aromatic carbocycles. The van der Waals surface area contributed by atoms with Crippen LogP contribution in [0.15, 0.2) is 6.20 Å². The first-order chi connectivity index (χ1) is 10.3. The Kier molecular flexibility index (Phi) is 3.90. The number of likely N-dealkylation sites (tertiary alicyclic amines) is 1. The van der Waals surface area contributed by atoms with Crippen LogP contribution in [0.2, 0.25) is 0 Å². The summed E-state index contributed by atoms with van der Waals surface area (Å²) in [5, 5.41) is 21.9. The highest BCUT2D eigenvalue weighted by Gasteiger charge is 2.47. The lowest BCUT2D eigenvalue weighted by Crippen LogP contribution is -2.56. The van der Waals surface area contributed by atoms with Gasteiger partial charge in [0.15, 0.2) is 5.82 Å². The second-order valence-electron chi connectivity index (χ2n) is 5.12. The predicted octanol–water partition coefficient (Wildman–Crippen LogP) is -0.105. The number of nitrogen functional groups attached to an aromatic ring is 1. The zero-order valence-electron chi connectivity index (χ0n) is 11.6. The van der Waals surface area contributed by atoms with E-state index >= 15 is 0 Å². The minimum Gasteiger partial charge on any atom is -0.465 e. The number of alkyl halides is 1. The number of carbonyl (C=O) groups is 2. The molecular weight excluding hydrogens is 295 g/mol. The van der Waals surface area contributed by atoms with Crippen LogP contribution in [-0.4, -0.2) is 51.0 Å². The molecule has 5 N–H and O–H groups in total. The molecule has 0 saturated carbocycles. The molecule has 0 radical (unpaired) electrons. The minimum atomic E-state index is -1.67. The number of piperidine rings is 1. The number of nitriles is 1. The number of hydrogen-bond donors (Lipinski definition) is 3. The summed E-state index contributed by atoms with van der Waals surface area (Å²) in [6.45, 7) is -0.341. The molecule has 1 saturated heterocycles. The van der Waals surface area contributed by atoms with E-state index in [-0.39, 0.29) is 37.3 Å². The highest BCUT2D eigenvalue weighted by atomic mass is 19.1. The van der Waals surface area contributed by atoms with Crippen LogP contribution in [0.4, 0.5) is 15.0 Å². The number of primary amides is 1. The van der Waals surface area contributed by atoms with Gasteiger partial charge in [-0.3, -0.25) is 9.48 Å². The molecule has 1 aromatic heterocycles. The van der Waals surface area contributed by atoms with Crippen LogP contribution in [0, 0.1) is 11.3 Å². The van der Waals surface area contributed by atoms with Crippen molar-refractivity contribution in [1.82, 2.24) is 14.7 Å². The number of carboxylic acid groups (broad SMARTS) is 1. The summed E-state index contributed by atoms with van der Waals surface area (Å²) in [6.07, 6.45) is -1.89. The molecule has 2 heterocycles. The summed E-state index contributed by atoms with van der Waals surface area (Å²) in [6, 6.07) is 1.89. The lowest BCUT2D eigenvalue weighted by Gasteiger charge is -2.42. The van der Waals surface area contributed by atoms with Gasteiger partial charge in [0.2, 0.25) is 0 Å². The molecule has 2 amide bonds. The summed E-state index contributed by atoms with van der Waals surface area (Å²) in [5.74, 6) is -0.966. The van der Waals surface area contributed by atoms with Crippen molar-refractivity contribution < 1.29 is 19.1 Å². The Bertz CT molecular complexity index is 654. The molecule has 0 aliphatic carbocycles. The fourth-order valence-electron chi connectivity index (χ4n) is 2.59. The molecule has 0 spiro atoms. The monoisotopic (exact) mass is 310 g/mol. The quantitative estimate of drug-likeness (QED) is 0.708. The van der Waals surface area contributed by atoms with E-state index < -0.39 is 23.7 Å². The second kappa shape index (κ2) is 5.51. The molecule has 22 heavy (non-hydrogen) atoms. The Hall–Kier alpha value is -2.83. The molecule has 2 atom stereocenters. The van der Waals surface area contributed by atoms with Gasteiger partial charge in [-0.25, -0.2) is 9.18 Å². The zero-order valence-corrected chi connectivity index (χ0v) is 11.6. The highest BCUT2D eigenvalue weighted by Crippen LogP contribution is 2.36. The Morgan fingerprint density at radius 1 is 1.64 bits per heavy atom. The fourth-order valence-corrected chi connectivity index (χ4v) is 2.59. The standard InChI is InChI=1S/C12H15FN6O3/c13-8-6-18(11(21)22)4-2-12(8,1-3-14)19-5-7(10(16)20)9(15)17-19/h5,8H,1-2,4,6H2,(H2,15,17)(H2,16,20)(H,21,22). The largest absolute Gasteiger partial charge is 0.465 e. The van der Waals surface area contributed by atoms with Gasteiger partial charge < -0.3 is 21.5 Å². The van der Waals surface area contributed by atoms with Crippen molar-refractivity contribution in [2.45, 2.75) is 24.6 Å². The SMILES string of the molecule is N#CCC1(n2cc(C(N)=O)c(N)n2)CCN(C(=O)O)CC1F. The van der Waals surface area contributed by atoms with E-state index in [0.717, 1.165) is 9.58 Å². The van der Waals surface area contributed by atoms with Crippen LogP contribution in [0.1, 0.15) is 23.2 Å². The fraction of sp³-hybridized carbons (Fsp3) is 0.500. The number of carbonyl (C=O) groups excluding carboxylic acids is 1. The first kappa shape index (κ1) is 15.6. The third kappa shape index (κ3) is 2.41. The van der Waals surface area contributed by atoms with Gasteiger partial charge in [-0.15, -0.1) is 0 Å². The van der Waals surface area contributed by atoms with Crippen molar-refractivity contribution in [2.75, 3.05) is 18.8 Å². The normalized spacial score (nSPS) is 24.7. The molecule has 9 nitrogen and oxygen atoms in total. The summed E-state index contributed by atoms with van der Waals surface area (Å²) >= 11 is 0. The van der Waals surface area contributed by atoms with E-state index in [4.69, 9.17) is 21.8 Å². The average molecular weight is 310 g/mol. The smallest absolute Gasteiger partial charge is 0.407 e. The Morgan fingerprint density at radius 2 is 2.32 bits per heavy atom. The maximum atomic E-state index is 14.7. The Morgan fingerprint density at radius 3 is 2.77 bits per heavy atom. The highest BCUT2D eigenvalue weighted by molar-refractivity contribution is 5.96. The molecule has 0 bridgehead atoms. The maximum absolute atomic E-state index is 14.7. The molecule has 1 fully saturated rings. The number of nitrogens with zero attached hydrogens (tertiary/aromatic N) is 4. The van der Waals surface area contributed by atoms with Crippen LogP contribution >= 0.6 is 0 Å². The predicted molar refractivity (Wildman–Crippen MR) is 72.5 cm³/mol. The van der Waals surface area contributed by atoms with Gasteiger partial charge in [0.05, 0.1) is 19.0 Å². The first-order valence-corrected chi connectivity index (χ1v) is 6.46. The van der Waals surface area contributed by atoms with E-state index in [9.17, 15) is 14.0 Å². The van der Waals surface area contributed by atoms with Gasteiger partial charge in [0, 0.05) is 12.7 Å². The number of aromatic nitrogens is 2. The maximum Gasteiger partial charge on any atom is 0.407 e. The summed E-state index contributed by atoms with van der Waals surface area (Å²) in [7, 11) is 0. The van der Waals surface area contributed by atoms with Crippen LogP contribution in [-0.2, 0) is 5.54 Å². The molecule has 1 aliphatic heterocycles. The number of anilines is 1. The number of amides is 2. The molecule has 2 rings (SSSR count). The van der Waals surface area contributed by atoms with E-state index in [2.05, 4.69) is 5.10 Å². The van der Waals surface area contributed by atoms with E-state index in [0.29, 0.717) is 0 Å². The van der Waals surface area contributed by atoms with Crippen LogP contribution in [0.25, 0.3) is 0 Å². The number of halogens is 1. The summed E-state index contributed by atoms with van der Waals surface area (Å²) < 4.78 is 15.8. The molecule has 1 aliphatic rings. The molecule has 1 aromatic rings. The minimum absolute atomic E-state index is 0.0351. The van der Waals surface area contributed by atoms with Gasteiger partial charge in [-0.1, -0.05) is 0 Å². The van der Waals surface area contributed by atoms with Crippen LogP contribution in [0.5, 0.6) is 0 Å². The molecule has 10 heteroatoms. The molecular formula is C12H15FN6O3. The lowest BCUT2D eigenvalue weighted by molar-refractivity contribution is 0.0143. The number of rotatable bonds is 3. The summed E-state index contributed by atoms with van der Waals surface area (Å²) in [4.78, 5) is 23.1. The Balaban J connectivity index is 2.42. The van der Waals surface area contributed by atoms with Crippen molar-refractivity contribution in [3.8, 4) is 6.07 Å². The summed E-state index contributed by atoms with van der Waals surface area (Å²) in [5.41, 5.74) is 9.30. The zero-order chi connectivity index (χ0) is 16.5. The Labute approximate surface area is 124 Å². The van der Waals surface area contributed by atoms with E-state index in [1.54, 1.807) is 0 Å². The van der Waals surface area contributed by atoms with Crippen molar-refractivity contribution >= 4 is 17.8 Å². The van der Waals surface area contributed by atoms with Gasteiger partial charge in [0.1, 0.15) is 17.3 Å². The van der Waals surface area contributed by atoms with E-state index in [1.165, 1.54) is 6.20 Å². The molecule has 2 unspecified atom stereocenters. The number of hydrogen-bond acceptors (Lipinski definition) is 5. The van der Waals surface area contributed by atoms with Crippen LogP contribution < -0.4 is 11.5 Å². The van der Waals surface area contributed by atoms with Gasteiger partial charge in [0.25, 0.3) is 5.91 Å². The van der Waals surface area contributed by atoms with Crippen molar-refractivity contribution in [3.05, 3.63) is 11.8 Å². The number of nitrogens with two attached hydrogens (primary N) is 2. The average Bonchev–Trinajstić information content (AvgIpc) is 2.83.